The van der Waals surface area contributed by atoms with Crippen molar-refractivity contribution in [2.75, 3.05) is 11.1 Å². The van der Waals surface area contributed by atoms with Crippen LogP contribution in [0, 0.1) is 6.92 Å². The van der Waals surface area contributed by atoms with Gasteiger partial charge in [0.15, 0.2) is 0 Å². The molecule has 0 aliphatic heterocycles. The molecule has 21 heavy (non-hydrogen) atoms. The number of hydrogen-bond acceptors (Lipinski definition) is 3. The summed E-state index contributed by atoms with van der Waals surface area (Å²) < 4.78 is 1.01. The summed E-state index contributed by atoms with van der Waals surface area (Å²) >= 11 is 10.5. The first kappa shape index (κ1) is 16.3. The molecule has 0 unspecified atom stereocenters. The summed E-state index contributed by atoms with van der Waals surface area (Å²) in [4.78, 5) is 1.52. The van der Waals surface area contributed by atoms with Gasteiger partial charge in [0.05, 0.1) is 5.69 Å². The number of halogens is 1. The minimum Gasteiger partial charge on any atom is -0.389 e. The third-order valence-electron chi connectivity index (χ3n) is 2.96. The van der Waals surface area contributed by atoms with Crippen LogP contribution in [0.5, 0.6) is 0 Å². The first-order chi connectivity index (χ1) is 10.0. The molecule has 0 amide bonds. The van der Waals surface area contributed by atoms with E-state index in [2.05, 4.69) is 53.3 Å². The molecule has 0 radical (unpaired) electrons. The molecule has 0 saturated heterocycles. The highest BCUT2D eigenvalue weighted by molar-refractivity contribution is 9.10. The zero-order chi connectivity index (χ0) is 15.4. The molecule has 2 aromatic carbocycles. The highest BCUT2D eigenvalue weighted by atomic mass is 79.9. The number of nitrogens with two attached hydrogens (primary N) is 1. The molecule has 0 bridgehead atoms. The molecule has 0 heterocycles. The topological polar surface area (TPSA) is 38.0 Å². The van der Waals surface area contributed by atoms with Gasteiger partial charge >= 0.3 is 0 Å². The number of anilines is 2. The van der Waals surface area contributed by atoms with Gasteiger partial charge in [0.1, 0.15) is 4.99 Å². The molecule has 0 atom stereocenters. The molecule has 2 aromatic rings. The SMILES string of the molecule is CCSc1cccc(Nc2cc(C)ccc2Br)c1C(N)=S. The van der Waals surface area contributed by atoms with Crippen LogP contribution in [0.3, 0.4) is 0 Å². The molecule has 2 rings (SSSR count). The summed E-state index contributed by atoms with van der Waals surface area (Å²) in [5.41, 5.74) is 9.98. The van der Waals surface area contributed by atoms with Crippen molar-refractivity contribution in [3.8, 4) is 0 Å². The minimum atomic E-state index is 0.415. The number of hydrogen-bond donors (Lipinski definition) is 2. The Balaban J connectivity index is 2.46. The molecular weight excluding hydrogens is 364 g/mol. The van der Waals surface area contributed by atoms with Crippen LogP contribution in [0.15, 0.2) is 45.8 Å². The van der Waals surface area contributed by atoms with Gasteiger partial charge in [-0.1, -0.05) is 31.3 Å². The maximum atomic E-state index is 5.93. The predicted octanol–water partition coefficient (Wildman–Crippen LogP) is 5.25. The maximum absolute atomic E-state index is 5.93. The van der Waals surface area contributed by atoms with Gasteiger partial charge in [0.2, 0.25) is 0 Å². The monoisotopic (exact) mass is 380 g/mol. The van der Waals surface area contributed by atoms with Gasteiger partial charge in [0.25, 0.3) is 0 Å². The Hall–Kier alpha value is -1.04. The van der Waals surface area contributed by atoms with E-state index >= 15 is 0 Å². The minimum absolute atomic E-state index is 0.415. The van der Waals surface area contributed by atoms with E-state index in [1.165, 1.54) is 5.56 Å². The van der Waals surface area contributed by atoms with E-state index in [0.29, 0.717) is 4.99 Å². The molecule has 0 fully saturated rings. The fourth-order valence-electron chi connectivity index (χ4n) is 2.05. The fourth-order valence-corrected chi connectivity index (χ4v) is 3.53. The molecule has 0 aromatic heterocycles. The molecule has 0 spiro atoms. The van der Waals surface area contributed by atoms with E-state index in [-0.39, 0.29) is 0 Å². The van der Waals surface area contributed by atoms with Gasteiger partial charge in [-0.2, -0.15) is 0 Å². The van der Waals surface area contributed by atoms with E-state index < -0.39 is 0 Å². The smallest absolute Gasteiger partial charge is 0.107 e. The summed E-state index contributed by atoms with van der Waals surface area (Å²) in [6, 6.07) is 12.3. The normalized spacial score (nSPS) is 10.4. The lowest BCUT2D eigenvalue weighted by atomic mass is 10.1. The van der Waals surface area contributed by atoms with Crippen molar-refractivity contribution in [1.29, 1.82) is 0 Å². The molecule has 5 heteroatoms. The van der Waals surface area contributed by atoms with Crippen LogP contribution in [-0.2, 0) is 0 Å². The third-order valence-corrected chi connectivity index (χ3v) is 4.80. The number of nitrogens with one attached hydrogen (secondary N) is 1. The predicted molar refractivity (Wildman–Crippen MR) is 101 cm³/mol. The lowest BCUT2D eigenvalue weighted by Crippen LogP contribution is -2.13. The van der Waals surface area contributed by atoms with Gasteiger partial charge < -0.3 is 11.1 Å². The Morgan fingerprint density at radius 3 is 2.71 bits per heavy atom. The largest absolute Gasteiger partial charge is 0.389 e. The number of thioether (sulfide) groups is 1. The molecule has 0 aliphatic rings. The van der Waals surface area contributed by atoms with Crippen LogP contribution < -0.4 is 11.1 Å². The van der Waals surface area contributed by atoms with Crippen molar-refractivity contribution in [2.45, 2.75) is 18.7 Å². The van der Waals surface area contributed by atoms with Gasteiger partial charge in [0, 0.05) is 20.6 Å². The Morgan fingerprint density at radius 1 is 1.29 bits per heavy atom. The van der Waals surface area contributed by atoms with Gasteiger partial charge in [-0.05, 0) is 58.4 Å². The van der Waals surface area contributed by atoms with Crippen LogP contribution in [-0.4, -0.2) is 10.7 Å². The Morgan fingerprint density at radius 2 is 2.05 bits per heavy atom. The summed E-state index contributed by atoms with van der Waals surface area (Å²) in [6.07, 6.45) is 0. The number of rotatable bonds is 5. The van der Waals surface area contributed by atoms with Crippen molar-refractivity contribution in [3.05, 3.63) is 52.0 Å². The number of aryl methyl sites for hydroxylation is 1. The standard InChI is InChI=1S/C16H17BrN2S2/c1-3-21-14-6-4-5-12(15(14)16(18)20)19-13-9-10(2)7-8-11(13)17/h4-9,19H,3H2,1-2H3,(H2,18,20). The molecule has 0 saturated carbocycles. The van der Waals surface area contributed by atoms with Crippen molar-refractivity contribution < 1.29 is 0 Å². The molecule has 2 nitrogen and oxygen atoms in total. The second kappa shape index (κ2) is 7.29. The lowest BCUT2D eigenvalue weighted by molar-refractivity contribution is 1.37. The van der Waals surface area contributed by atoms with Crippen LogP contribution >= 0.6 is 39.9 Å². The van der Waals surface area contributed by atoms with E-state index in [0.717, 1.165) is 32.1 Å². The first-order valence-electron chi connectivity index (χ1n) is 6.61. The summed E-state index contributed by atoms with van der Waals surface area (Å²) in [7, 11) is 0. The van der Waals surface area contributed by atoms with Crippen LogP contribution in [0.2, 0.25) is 0 Å². The average Bonchev–Trinajstić information content (AvgIpc) is 2.43. The van der Waals surface area contributed by atoms with Crippen LogP contribution in [0.1, 0.15) is 18.1 Å². The van der Waals surface area contributed by atoms with Crippen LogP contribution in [0.25, 0.3) is 0 Å². The van der Waals surface area contributed by atoms with E-state index in [9.17, 15) is 0 Å². The van der Waals surface area contributed by atoms with Gasteiger partial charge in [-0.15, -0.1) is 11.8 Å². The molecule has 3 N–H and O–H groups in total. The molecule has 110 valence electrons. The first-order valence-corrected chi connectivity index (χ1v) is 8.80. The van der Waals surface area contributed by atoms with E-state index in [4.69, 9.17) is 18.0 Å². The average molecular weight is 381 g/mol. The van der Waals surface area contributed by atoms with Crippen LogP contribution in [0.4, 0.5) is 11.4 Å². The fraction of sp³-hybridized carbons (Fsp3) is 0.188. The van der Waals surface area contributed by atoms with Crippen molar-refractivity contribution in [1.82, 2.24) is 0 Å². The Kier molecular flexibility index (Phi) is 5.67. The number of benzene rings is 2. The third kappa shape index (κ3) is 3.99. The number of thiocarbonyl (C=S) groups is 1. The zero-order valence-electron chi connectivity index (χ0n) is 11.9. The molecular formula is C16H17BrN2S2. The second-order valence-corrected chi connectivity index (χ2v) is 7.18. The van der Waals surface area contributed by atoms with Crippen molar-refractivity contribution in [2.24, 2.45) is 5.73 Å². The highest BCUT2D eigenvalue weighted by Gasteiger charge is 2.12. The summed E-state index contributed by atoms with van der Waals surface area (Å²) in [5.74, 6) is 0.979. The maximum Gasteiger partial charge on any atom is 0.107 e. The Labute approximate surface area is 143 Å². The Bertz CT molecular complexity index is 671. The zero-order valence-corrected chi connectivity index (χ0v) is 15.2. The van der Waals surface area contributed by atoms with Gasteiger partial charge in [-0.25, -0.2) is 0 Å². The van der Waals surface area contributed by atoms with E-state index in [1.807, 2.05) is 18.2 Å². The summed E-state index contributed by atoms with van der Waals surface area (Å²) in [5, 5.41) is 3.43. The van der Waals surface area contributed by atoms with Crippen molar-refractivity contribution in [3.63, 3.8) is 0 Å². The van der Waals surface area contributed by atoms with Crippen molar-refractivity contribution >= 4 is 56.3 Å². The lowest BCUT2D eigenvalue weighted by Gasteiger charge is -2.16. The molecule has 0 aliphatic carbocycles. The highest BCUT2D eigenvalue weighted by Crippen LogP contribution is 2.33. The van der Waals surface area contributed by atoms with E-state index in [1.54, 1.807) is 11.8 Å². The second-order valence-electron chi connectivity index (χ2n) is 4.58. The van der Waals surface area contributed by atoms with Gasteiger partial charge in [-0.3, -0.25) is 0 Å². The quantitative estimate of drug-likeness (QED) is 0.548. The summed E-state index contributed by atoms with van der Waals surface area (Å²) in [6.45, 7) is 4.18.